The summed E-state index contributed by atoms with van der Waals surface area (Å²) >= 11 is 0. The lowest BCUT2D eigenvalue weighted by atomic mass is 10.1. The Labute approximate surface area is 96.9 Å². The molecule has 1 unspecified atom stereocenters. The van der Waals surface area contributed by atoms with E-state index in [2.05, 4.69) is 4.74 Å². The Hall–Kier alpha value is -0.610. The number of aliphatic hydroxyl groups excluding tert-OH is 1. The molecule has 0 aromatic rings. The molecule has 94 valence electrons. The van der Waals surface area contributed by atoms with Crippen LogP contribution in [-0.4, -0.2) is 37.0 Å². The van der Waals surface area contributed by atoms with Crippen LogP contribution in [0.1, 0.15) is 44.9 Å². The number of carbonyl (C=O) groups is 1. The third kappa shape index (κ3) is 6.08. The molecule has 1 N–H and O–H groups in total. The molecule has 0 spiro atoms. The normalized spacial score (nSPS) is 20.5. The van der Waals surface area contributed by atoms with Crippen molar-refractivity contribution >= 4 is 5.97 Å². The average Bonchev–Trinajstić information content (AvgIpc) is 3.10. The third-order valence-electron chi connectivity index (χ3n) is 2.90. The van der Waals surface area contributed by atoms with E-state index in [0.717, 1.165) is 45.1 Å². The van der Waals surface area contributed by atoms with Gasteiger partial charge in [0.15, 0.2) is 0 Å². The lowest BCUT2D eigenvalue weighted by Crippen LogP contribution is -2.13. The van der Waals surface area contributed by atoms with Gasteiger partial charge in [0.05, 0.1) is 19.8 Å². The minimum atomic E-state index is -0.268. The van der Waals surface area contributed by atoms with E-state index in [1.165, 1.54) is 7.11 Å². The first kappa shape index (κ1) is 13.5. The summed E-state index contributed by atoms with van der Waals surface area (Å²) in [5, 5.41) is 9.51. The topological polar surface area (TPSA) is 59.1 Å². The van der Waals surface area contributed by atoms with Crippen molar-refractivity contribution in [2.24, 2.45) is 0 Å². The molecule has 0 aromatic carbocycles. The predicted molar refractivity (Wildman–Crippen MR) is 60.1 cm³/mol. The second kappa shape index (κ2) is 7.63. The summed E-state index contributed by atoms with van der Waals surface area (Å²) in [5.41, 5.74) is 0. The second-order valence-electron chi connectivity index (χ2n) is 4.32. The van der Waals surface area contributed by atoms with Gasteiger partial charge in [-0.05, 0) is 12.8 Å². The number of unbranched alkanes of at least 4 members (excludes halogenated alkanes) is 4. The van der Waals surface area contributed by atoms with Gasteiger partial charge < -0.3 is 14.6 Å². The summed E-state index contributed by atoms with van der Waals surface area (Å²) < 4.78 is 9.56. The molecular formula is C12H22O4. The maximum atomic E-state index is 10.8. The Morgan fingerprint density at radius 2 is 2.00 bits per heavy atom. The monoisotopic (exact) mass is 230 g/mol. The maximum Gasteiger partial charge on any atom is 0.305 e. The van der Waals surface area contributed by atoms with Gasteiger partial charge in [-0.1, -0.05) is 25.7 Å². The van der Waals surface area contributed by atoms with Crippen LogP contribution in [0.15, 0.2) is 0 Å². The van der Waals surface area contributed by atoms with Gasteiger partial charge in [0.2, 0.25) is 0 Å². The largest absolute Gasteiger partial charge is 0.469 e. The molecule has 1 fully saturated rings. The van der Waals surface area contributed by atoms with E-state index < -0.39 is 0 Å². The maximum absolute atomic E-state index is 10.8. The Morgan fingerprint density at radius 1 is 1.38 bits per heavy atom. The number of rotatable bonds is 9. The molecule has 1 heterocycles. The summed E-state index contributed by atoms with van der Waals surface area (Å²) in [6, 6.07) is 0. The fourth-order valence-electron chi connectivity index (χ4n) is 1.72. The number of hydrogen-bond donors (Lipinski definition) is 1. The smallest absolute Gasteiger partial charge is 0.305 e. The lowest BCUT2D eigenvalue weighted by Gasteiger charge is -2.06. The average molecular weight is 230 g/mol. The molecule has 1 aliphatic heterocycles. The minimum Gasteiger partial charge on any atom is -0.469 e. The van der Waals surface area contributed by atoms with Crippen molar-refractivity contribution in [3.63, 3.8) is 0 Å². The molecule has 0 bridgehead atoms. The van der Waals surface area contributed by atoms with E-state index in [9.17, 15) is 9.90 Å². The molecule has 1 aliphatic rings. The number of esters is 1. The summed E-state index contributed by atoms with van der Waals surface area (Å²) in [7, 11) is 1.42. The van der Waals surface area contributed by atoms with Crippen LogP contribution in [-0.2, 0) is 14.3 Å². The van der Waals surface area contributed by atoms with E-state index in [-0.39, 0.29) is 18.2 Å². The van der Waals surface area contributed by atoms with Gasteiger partial charge in [-0.2, -0.15) is 0 Å². The van der Waals surface area contributed by atoms with Gasteiger partial charge in [-0.15, -0.1) is 0 Å². The number of aliphatic hydroxyl groups is 1. The molecular weight excluding hydrogens is 208 g/mol. The minimum absolute atomic E-state index is 0.110. The van der Waals surface area contributed by atoms with Gasteiger partial charge >= 0.3 is 5.97 Å². The highest BCUT2D eigenvalue weighted by Crippen LogP contribution is 2.19. The molecule has 16 heavy (non-hydrogen) atoms. The number of epoxide rings is 1. The quantitative estimate of drug-likeness (QED) is 0.372. The Balaban J connectivity index is 1.79. The Bertz CT molecular complexity index is 201. The standard InChI is InChI=1S/C12H22O4/c1-15-12(14)8-6-4-2-3-5-7-10(13)11-9-16-11/h10-11,13H,2-9H2,1H3/t10-,11?/m1/s1. The second-order valence-corrected chi connectivity index (χ2v) is 4.32. The molecule has 1 saturated heterocycles. The summed E-state index contributed by atoms with van der Waals surface area (Å²) in [4.78, 5) is 10.8. The highest BCUT2D eigenvalue weighted by atomic mass is 16.6. The van der Waals surface area contributed by atoms with E-state index in [0.29, 0.717) is 6.42 Å². The summed E-state index contributed by atoms with van der Waals surface area (Å²) in [6.45, 7) is 0.723. The SMILES string of the molecule is COC(=O)CCCCCCC[C@@H](O)C1CO1. The fourth-order valence-corrected chi connectivity index (χ4v) is 1.72. The molecule has 0 amide bonds. The molecule has 0 aliphatic carbocycles. The number of methoxy groups -OCH3 is 1. The highest BCUT2D eigenvalue weighted by Gasteiger charge is 2.30. The first-order chi connectivity index (χ1) is 7.74. The molecule has 0 radical (unpaired) electrons. The number of ether oxygens (including phenoxy) is 2. The summed E-state index contributed by atoms with van der Waals surface area (Å²) in [5.74, 6) is -0.124. The van der Waals surface area contributed by atoms with Gasteiger partial charge in [-0.3, -0.25) is 4.79 Å². The van der Waals surface area contributed by atoms with Gasteiger partial charge in [0.1, 0.15) is 6.10 Å². The van der Waals surface area contributed by atoms with Crippen LogP contribution < -0.4 is 0 Å². The van der Waals surface area contributed by atoms with Crippen molar-refractivity contribution in [2.75, 3.05) is 13.7 Å². The van der Waals surface area contributed by atoms with Crippen LogP contribution in [0.5, 0.6) is 0 Å². The van der Waals surface area contributed by atoms with Gasteiger partial charge in [0.25, 0.3) is 0 Å². The Morgan fingerprint density at radius 3 is 2.62 bits per heavy atom. The van der Waals surface area contributed by atoms with E-state index in [1.807, 2.05) is 0 Å². The zero-order chi connectivity index (χ0) is 11.8. The third-order valence-corrected chi connectivity index (χ3v) is 2.90. The first-order valence-corrected chi connectivity index (χ1v) is 6.10. The first-order valence-electron chi connectivity index (χ1n) is 6.10. The van der Waals surface area contributed by atoms with Crippen molar-refractivity contribution < 1.29 is 19.4 Å². The van der Waals surface area contributed by atoms with Crippen LogP contribution >= 0.6 is 0 Å². The lowest BCUT2D eigenvalue weighted by molar-refractivity contribution is -0.140. The van der Waals surface area contributed by atoms with Gasteiger partial charge in [0, 0.05) is 6.42 Å². The zero-order valence-electron chi connectivity index (χ0n) is 9.98. The van der Waals surface area contributed by atoms with E-state index >= 15 is 0 Å². The van der Waals surface area contributed by atoms with Crippen LogP contribution in [0, 0.1) is 0 Å². The molecule has 4 nitrogen and oxygen atoms in total. The molecule has 1 rings (SSSR count). The van der Waals surface area contributed by atoms with Crippen molar-refractivity contribution in [3.05, 3.63) is 0 Å². The van der Waals surface area contributed by atoms with Crippen molar-refractivity contribution in [3.8, 4) is 0 Å². The highest BCUT2D eigenvalue weighted by molar-refractivity contribution is 5.68. The van der Waals surface area contributed by atoms with E-state index in [4.69, 9.17) is 4.74 Å². The van der Waals surface area contributed by atoms with Crippen molar-refractivity contribution in [1.29, 1.82) is 0 Å². The zero-order valence-corrected chi connectivity index (χ0v) is 9.98. The number of hydrogen-bond acceptors (Lipinski definition) is 4. The molecule has 0 saturated carbocycles. The molecule has 4 heteroatoms. The Kier molecular flexibility index (Phi) is 6.42. The van der Waals surface area contributed by atoms with E-state index in [1.54, 1.807) is 0 Å². The summed E-state index contributed by atoms with van der Waals surface area (Å²) in [6.07, 6.45) is 6.44. The van der Waals surface area contributed by atoms with Crippen LogP contribution in [0.2, 0.25) is 0 Å². The predicted octanol–water partition coefficient (Wildman–Crippen LogP) is 1.65. The molecule has 2 atom stereocenters. The van der Waals surface area contributed by atoms with Crippen molar-refractivity contribution in [1.82, 2.24) is 0 Å². The number of carbonyl (C=O) groups excluding carboxylic acids is 1. The van der Waals surface area contributed by atoms with Crippen LogP contribution in [0.25, 0.3) is 0 Å². The van der Waals surface area contributed by atoms with Crippen LogP contribution in [0.4, 0.5) is 0 Å². The fraction of sp³-hybridized carbons (Fsp3) is 0.917. The molecule has 0 aromatic heterocycles. The van der Waals surface area contributed by atoms with Crippen LogP contribution in [0.3, 0.4) is 0 Å². The van der Waals surface area contributed by atoms with Crippen molar-refractivity contribution in [2.45, 2.75) is 57.2 Å². The van der Waals surface area contributed by atoms with Gasteiger partial charge in [-0.25, -0.2) is 0 Å².